The Morgan fingerprint density at radius 1 is 1.33 bits per heavy atom. The molecule has 3 N–H and O–H groups in total. The monoisotopic (exact) mass is 422 g/mol. The second-order valence-electron chi connectivity index (χ2n) is 6.90. The van der Waals surface area contributed by atoms with Crippen molar-refractivity contribution in [1.82, 2.24) is 14.9 Å². The molecule has 160 valence electrons. The summed E-state index contributed by atoms with van der Waals surface area (Å²) < 4.78 is 39.9. The van der Waals surface area contributed by atoms with Crippen LogP contribution in [0, 0.1) is 0 Å². The predicted molar refractivity (Wildman–Crippen MR) is 106 cm³/mol. The van der Waals surface area contributed by atoms with Crippen LogP contribution in [-0.2, 0) is 22.2 Å². The molecule has 3 rings (SSSR count). The van der Waals surface area contributed by atoms with Crippen LogP contribution in [0.25, 0.3) is 0 Å². The Morgan fingerprint density at radius 2 is 2.10 bits per heavy atom. The quantitative estimate of drug-likeness (QED) is 0.594. The van der Waals surface area contributed by atoms with E-state index in [1.807, 2.05) is 0 Å². The number of halogens is 3. The Kier molecular flexibility index (Phi) is 6.09. The molecule has 0 radical (unpaired) electrons. The molecule has 1 aromatic heterocycles. The number of anilines is 4. The van der Waals surface area contributed by atoms with Crippen molar-refractivity contribution in [2.24, 2.45) is 0 Å². The molecule has 8 nitrogen and oxygen atoms in total. The van der Waals surface area contributed by atoms with E-state index in [4.69, 9.17) is 0 Å². The van der Waals surface area contributed by atoms with Crippen LogP contribution in [0.1, 0.15) is 24.5 Å². The molecule has 0 atom stereocenters. The first kappa shape index (κ1) is 21.3. The largest absolute Gasteiger partial charge is 0.421 e. The Morgan fingerprint density at radius 3 is 2.80 bits per heavy atom. The zero-order valence-electron chi connectivity index (χ0n) is 16.4. The maximum absolute atomic E-state index is 13.3. The minimum absolute atomic E-state index is 0.0106. The Hall–Kier alpha value is -3.37. The van der Waals surface area contributed by atoms with Gasteiger partial charge in [0.2, 0.25) is 17.8 Å². The molecule has 11 heteroatoms. The third-order valence-electron chi connectivity index (χ3n) is 4.58. The van der Waals surface area contributed by atoms with E-state index in [1.54, 1.807) is 25.2 Å². The van der Waals surface area contributed by atoms with Crippen molar-refractivity contribution in [2.45, 2.75) is 25.9 Å². The van der Waals surface area contributed by atoms with E-state index < -0.39 is 11.7 Å². The van der Waals surface area contributed by atoms with Gasteiger partial charge in [-0.05, 0) is 30.2 Å². The Bertz CT molecular complexity index is 964. The highest BCUT2D eigenvalue weighted by Gasteiger charge is 2.35. The fourth-order valence-electron chi connectivity index (χ4n) is 2.90. The van der Waals surface area contributed by atoms with Crippen LogP contribution >= 0.6 is 0 Å². The Balaban J connectivity index is 1.73. The lowest BCUT2D eigenvalue weighted by molar-refractivity contribution is -0.137. The molecule has 0 saturated carbocycles. The van der Waals surface area contributed by atoms with Crippen molar-refractivity contribution >= 4 is 35.0 Å². The van der Waals surface area contributed by atoms with Gasteiger partial charge in [-0.25, -0.2) is 4.98 Å². The van der Waals surface area contributed by atoms with E-state index in [0.29, 0.717) is 24.3 Å². The van der Waals surface area contributed by atoms with E-state index >= 15 is 0 Å². The van der Waals surface area contributed by atoms with Crippen LogP contribution in [0.3, 0.4) is 0 Å². The van der Waals surface area contributed by atoms with Gasteiger partial charge in [-0.15, -0.1) is 0 Å². The summed E-state index contributed by atoms with van der Waals surface area (Å²) in [5.41, 5.74) is 1.07. The van der Waals surface area contributed by atoms with Crippen LogP contribution in [0.4, 0.5) is 36.3 Å². The fraction of sp³-hybridized carbons (Fsp3) is 0.368. The van der Waals surface area contributed by atoms with Crippen LogP contribution in [-0.4, -0.2) is 46.8 Å². The lowest BCUT2D eigenvalue weighted by Crippen LogP contribution is -2.26. The highest BCUT2D eigenvalue weighted by atomic mass is 19.4. The normalized spacial score (nSPS) is 12.9. The molecule has 0 fully saturated rings. The minimum Gasteiger partial charge on any atom is -0.369 e. The van der Waals surface area contributed by atoms with Gasteiger partial charge < -0.3 is 20.9 Å². The first-order chi connectivity index (χ1) is 14.1. The predicted octanol–water partition coefficient (Wildman–Crippen LogP) is 3.01. The van der Waals surface area contributed by atoms with Gasteiger partial charge >= 0.3 is 6.18 Å². The molecular formula is C19H21F3N6O2. The van der Waals surface area contributed by atoms with Crippen molar-refractivity contribution in [1.29, 1.82) is 0 Å². The molecule has 2 amide bonds. The van der Waals surface area contributed by atoms with E-state index in [-0.39, 0.29) is 36.5 Å². The van der Waals surface area contributed by atoms with Gasteiger partial charge in [0.1, 0.15) is 11.4 Å². The molecule has 0 saturated heterocycles. The van der Waals surface area contributed by atoms with Gasteiger partial charge in [0.15, 0.2) is 0 Å². The van der Waals surface area contributed by atoms with Gasteiger partial charge in [0.25, 0.3) is 0 Å². The zero-order chi connectivity index (χ0) is 21.9. The number of rotatable bonds is 7. The van der Waals surface area contributed by atoms with Crippen LogP contribution in [0.15, 0.2) is 24.4 Å². The molecule has 0 spiro atoms. The average Bonchev–Trinajstić information content (AvgIpc) is 3.03. The molecule has 2 aromatic rings. The van der Waals surface area contributed by atoms with Crippen LogP contribution < -0.4 is 16.0 Å². The van der Waals surface area contributed by atoms with E-state index in [2.05, 4.69) is 25.9 Å². The number of benzene rings is 1. The van der Waals surface area contributed by atoms with Crippen molar-refractivity contribution in [3.8, 4) is 0 Å². The second-order valence-corrected chi connectivity index (χ2v) is 6.90. The zero-order valence-corrected chi connectivity index (χ0v) is 16.4. The van der Waals surface area contributed by atoms with Crippen molar-refractivity contribution < 1.29 is 22.8 Å². The molecule has 0 unspecified atom stereocenters. The van der Waals surface area contributed by atoms with E-state index in [1.165, 1.54) is 11.8 Å². The number of carbonyl (C=O) groups is 2. The maximum atomic E-state index is 13.3. The summed E-state index contributed by atoms with van der Waals surface area (Å²) in [6.07, 6.45) is -3.21. The van der Waals surface area contributed by atoms with Crippen molar-refractivity contribution in [3.05, 3.63) is 35.5 Å². The second kappa shape index (κ2) is 8.56. The van der Waals surface area contributed by atoms with Crippen LogP contribution in [0.5, 0.6) is 0 Å². The number of amides is 2. The molecule has 1 aliphatic rings. The standard InChI is InChI=1S/C19H21F3N6O2/c1-11(29)28(2)7-3-6-23-17-14(19(20,21)22)10-24-18(27-17)25-13-4-5-15-12(8-13)9-16(30)26-15/h4-5,8,10H,3,6-7,9H2,1-2H3,(H,26,30)(H2,23,24,25,27). The number of nitrogens with zero attached hydrogens (tertiary/aromatic N) is 3. The van der Waals surface area contributed by atoms with Gasteiger partial charge in [0, 0.05) is 44.6 Å². The van der Waals surface area contributed by atoms with Gasteiger partial charge in [0.05, 0.1) is 6.42 Å². The molecule has 2 heterocycles. The third kappa shape index (κ3) is 5.16. The summed E-state index contributed by atoms with van der Waals surface area (Å²) in [6.45, 7) is 2.02. The van der Waals surface area contributed by atoms with Crippen molar-refractivity contribution in [2.75, 3.05) is 36.1 Å². The highest BCUT2D eigenvalue weighted by molar-refractivity contribution is 5.99. The summed E-state index contributed by atoms with van der Waals surface area (Å²) in [4.78, 5) is 31.9. The topological polar surface area (TPSA) is 99.3 Å². The highest BCUT2D eigenvalue weighted by Crippen LogP contribution is 2.34. The minimum atomic E-state index is -4.61. The first-order valence-electron chi connectivity index (χ1n) is 9.23. The summed E-state index contributed by atoms with van der Waals surface area (Å²) in [5.74, 6) is -0.590. The van der Waals surface area contributed by atoms with Gasteiger partial charge in [-0.1, -0.05) is 0 Å². The number of hydrogen-bond donors (Lipinski definition) is 3. The van der Waals surface area contributed by atoms with E-state index in [0.717, 1.165) is 11.8 Å². The van der Waals surface area contributed by atoms with Gasteiger partial charge in [-0.2, -0.15) is 18.2 Å². The molecule has 0 aliphatic carbocycles. The molecule has 30 heavy (non-hydrogen) atoms. The average molecular weight is 422 g/mol. The number of hydrogen-bond acceptors (Lipinski definition) is 6. The summed E-state index contributed by atoms with van der Waals surface area (Å²) in [5, 5.41) is 8.26. The number of aromatic nitrogens is 2. The summed E-state index contributed by atoms with van der Waals surface area (Å²) >= 11 is 0. The molecule has 0 bridgehead atoms. The lowest BCUT2D eigenvalue weighted by Gasteiger charge is -2.17. The SMILES string of the molecule is CC(=O)N(C)CCCNc1nc(Nc2ccc3c(c2)CC(=O)N3)ncc1C(F)(F)F. The summed E-state index contributed by atoms with van der Waals surface area (Å²) in [7, 11) is 1.62. The summed E-state index contributed by atoms with van der Waals surface area (Å²) in [6, 6.07) is 5.10. The Labute approximate surface area is 170 Å². The fourth-order valence-corrected chi connectivity index (χ4v) is 2.90. The molecule has 1 aliphatic heterocycles. The molecule has 1 aromatic carbocycles. The van der Waals surface area contributed by atoms with Gasteiger partial charge in [-0.3, -0.25) is 9.59 Å². The molecular weight excluding hydrogens is 401 g/mol. The number of nitrogens with one attached hydrogen (secondary N) is 3. The first-order valence-corrected chi connectivity index (χ1v) is 9.23. The number of alkyl halides is 3. The lowest BCUT2D eigenvalue weighted by atomic mass is 10.1. The van der Waals surface area contributed by atoms with Crippen molar-refractivity contribution in [3.63, 3.8) is 0 Å². The maximum Gasteiger partial charge on any atom is 0.421 e. The van der Waals surface area contributed by atoms with E-state index in [9.17, 15) is 22.8 Å². The smallest absolute Gasteiger partial charge is 0.369 e. The van der Waals surface area contributed by atoms with Crippen LogP contribution in [0.2, 0.25) is 0 Å². The number of carbonyl (C=O) groups excluding carboxylic acids is 2. The number of fused-ring (bicyclic) bond motifs is 1. The third-order valence-corrected chi connectivity index (χ3v) is 4.58.